The highest BCUT2D eigenvalue weighted by Gasteiger charge is 2.38. The zero-order valence-corrected chi connectivity index (χ0v) is 14.7. The lowest BCUT2D eigenvalue weighted by atomic mass is 10.1. The van der Waals surface area contributed by atoms with Gasteiger partial charge in [0.1, 0.15) is 6.79 Å². The average Bonchev–Trinajstić information content (AvgIpc) is 2.48. The summed E-state index contributed by atoms with van der Waals surface area (Å²) in [7, 11) is 0.614. The smallest absolute Gasteiger partial charge is 0.377 e. The Bertz CT molecular complexity index is 198. The second-order valence-corrected chi connectivity index (χ2v) is 8.27. The minimum absolute atomic E-state index is 0.328. The predicted molar refractivity (Wildman–Crippen MR) is 84.6 cm³/mol. The molecule has 0 saturated heterocycles. The van der Waals surface area contributed by atoms with Gasteiger partial charge in [-0.05, 0) is 6.42 Å². The molecule has 0 aliphatic carbocycles. The lowest BCUT2D eigenvalue weighted by Crippen LogP contribution is -2.44. The zero-order chi connectivity index (χ0) is 15.1. The van der Waals surface area contributed by atoms with Crippen LogP contribution < -0.4 is 0 Å². The standard InChI is InChI=1S/C15H34O4Si/c1-4-5-6-7-8-9-10-11-12-13-14-20(17-2,18-3)19-15-16/h16H,4-15H2,1-3H3. The van der Waals surface area contributed by atoms with Gasteiger partial charge in [-0.15, -0.1) is 0 Å². The number of rotatable bonds is 15. The quantitative estimate of drug-likeness (QED) is 0.281. The van der Waals surface area contributed by atoms with Crippen molar-refractivity contribution >= 4 is 8.80 Å². The molecule has 0 rings (SSSR count). The highest BCUT2D eigenvalue weighted by atomic mass is 28.4. The van der Waals surface area contributed by atoms with Gasteiger partial charge in [-0.25, -0.2) is 0 Å². The van der Waals surface area contributed by atoms with Crippen LogP contribution in [-0.4, -0.2) is 34.9 Å². The Morgan fingerprint density at radius 2 is 1.20 bits per heavy atom. The normalized spacial score (nSPS) is 12.0. The number of unbranched alkanes of at least 4 members (excludes halogenated alkanes) is 9. The van der Waals surface area contributed by atoms with Gasteiger partial charge in [-0.2, -0.15) is 0 Å². The fourth-order valence-electron chi connectivity index (χ4n) is 2.40. The second kappa shape index (κ2) is 14.0. The Balaban J connectivity index is 3.45. The summed E-state index contributed by atoms with van der Waals surface area (Å²) in [4.78, 5) is 0. The summed E-state index contributed by atoms with van der Waals surface area (Å²) >= 11 is 0. The first-order chi connectivity index (χ1) is 9.74. The van der Waals surface area contributed by atoms with Crippen LogP contribution in [0, 0.1) is 0 Å². The van der Waals surface area contributed by atoms with E-state index in [1.54, 1.807) is 14.2 Å². The lowest BCUT2D eigenvalue weighted by molar-refractivity contribution is 0.0146. The number of aliphatic hydroxyl groups excluding tert-OH is 1. The number of hydrogen-bond donors (Lipinski definition) is 1. The van der Waals surface area contributed by atoms with Gasteiger partial charge in [0.15, 0.2) is 0 Å². The van der Waals surface area contributed by atoms with E-state index in [2.05, 4.69) is 6.92 Å². The summed E-state index contributed by atoms with van der Waals surface area (Å²) in [5, 5.41) is 8.88. The van der Waals surface area contributed by atoms with Crippen molar-refractivity contribution in [1.29, 1.82) is 0 Å². The Morgan fingerprint density at radius 3 is 1.60 bits per heavy atom. The second-order valence-electron chi connectivity index (χ2n) is 5.30. The lowest BCUT2D eigenvalue weighted by Gasteiger charge is -2.25. The summed E-state index contributed by atoms with van der Waals surface area (Å²) in [6.07, 6.45) is 13.0. The van der Waals surface area contributed by atoms with E-state index in [0.29, 0.717) is 0 Å². The van der Waals surface area contributed by atoms with Gasteiger partial charge in [-0.3, -0.25) is 0 Å². The van der Waals surface area contributed by atoms with Crippen LogP contribution in [0.4, 0.5) is 0 Å². The summed E-state index contributed by atoms with van der Waals surface area (Å²) in [6, 6.07) is 0.789. The maximum absolute atomic E-state index is 8.88. The first-order valence-electron chi connectivity index (χ1n) is 8.09. The van der Waals surface area contributed by atoms with Crippen LogP contribution in [0.25, 0.3) is 0 Å². The van der Waals surface area contributed by atoms with Crippen molar-refractivity contribution in [3.63, 3.8) is 0 Å². The predicted octanol–water partition coefficient (Wildman–Crippen LogP) is 4.11. The molecule has 0 aliphatic heterocycles. The highest BCUT2D eigenvalue weighted by molar-refractivity contribution is 6.60. The van der Waals surface area contributed by atoms with Gasteiger partial charge in [0, 0.05) is 20.3 Å². The van der Waals surface area contributed by atoms with Crippen molar-refractivity contribution in [3.8, 4) is 0 Å². The van der Waals surface area contributed by atoms with Gasteiger partial charge < -0.3 is 18.4 Å². The van der Waals surface area contributed by atoms with E-state index in [9.17, 15) is 0 Å². The van der Waals surface area contributed by atoms with E-state index >= 15 is 0 Å². The largest absolute Gasteiger partial charge is 0.502 e. The molecule has 0 fully saturated rings. The molecule has 0 aliphatic rings. The molecule has 0 unspecified atom stereocenters. The third-order valence-corrected chi connectivity index (χ3v) is 6.52. The monoisotopic (exact) mass is 306 g/mol. The van der Waals surface area contributed by atoms with Crippen molar-refractivity contribution in [3.05, 3.63) is 0 Å². The molecule has 122 valence electrons. The first-order valence-corrected chi connectivity index (χ1v) is 10.0. The van der Waals surface area contributed by atoms with E-state index in [4.69, 9.17) is 18.4 Å². The Kier molecular flexibility index (Phi) is 14.1. The van der Waals surface area contributed by atoms with Crippen molar-refractivity contribution in [1.82, 2.24) is 0 Å². The molecule has 0 aromatic heterocycles. The Labute approximate surface area is 126 Å². The molecule has 0 aromatic carbocycles. The molecule has 0 spiro atoms. The molecular formula is C15H34O4Si. The molecule has 1 N–H and O–H groups in total. The molecule has 0 heterocycles. The van der Waals surface area contributed by atoms with Crippen molar-refractivity contribution in [2.24, 2.45) is 0 Å². The maximum atomic E-state index is 8.88. The van der Waals surface area contributed by atoms with Crippen molar-refractivity contribution in [2.45, 2.75) is 77.2 Å². The van der Waals surface area contributed by atoms with Crippen LogP contribution in [0.15, 0.2) is 0 Å². The maximum Gasteiger partial charge on any atom is 0.502 e. The molecule has 4 nitrogen and oxygen atoms in total. The molecule has 0 bridgehead atoms. The number of hydrogen-bond acceptors (Lipinski definition) is 4. The molecule has 5 heteroatoms. The van der Waals surface area contributed by atoms with Crippen LogP contribution in [0.5, 0.6) is 0 Å². The SMILES string of the molecule is CCCCCCCCCCCC[Si](OC)(OC)OCO. The number of aliphatic hydroxyl groups is 1. The van der Waals surface area contributed by atoms with Crippen LogP contribution in [0.1, 0.15) is 71.1 Å². The Hall–Kier alpha value is 0.0569. The summed E-state index contributed by atoms with van der Waals surface area (Å²) < 4.78 is 15.9. The van der Waals surface area contributed by atoms with Gasteiger partial charge in [0.05, 0.1) is 0 Å². The zero-order valence-electron chi connectivity index (χ0n) is 13.7. The average molecular weight is 307 g/mol. The van der Waals surface area contributed by atoms with Crippen LogP contribution >= 0.6 is 0 Å². The van der Waals surface area contributed by atoms with E-state index in [0.717, 1.165) is 12.5 Å². The minimum atomic E-state index is -2.58. The van der Waals surface area contributed by atoms with Gasteiger partial charge in [0.25, 0.3) is 0 Å². The summed E-state index contributed by atoms with van der Waals surface area (Å²) in [6.45, 7) is 1.93. The molecule has 0 atom stereocenters. The molecule has 0 radical (unpaired) electrons. The van der Waals surface area contributed by atoms with E-state index in [1.165, 1.54) is 57.8 Å². The molecule has 0 saturated carbocycles. The summed E-state index contributed by atoms with van der Waals surface area (Å²) in [5.41, 5.74) is 0. The fourth-order valence-corrected chi connectivity index (χ4v) is 4.24. The minimum Gasteiger partial charge on any atom is -0.377 e. The summed E-state index contributed by atoms with van der Waals surface area (Å²) in [5.74, 6) is 0. The van der Waals surface area contributed by atoms with Gasteiger partial charge >= 0.3 is 8.80 Å². The molecule has 0 amide bonds. The van der Waals surface area contributed by atoms with Crippen LogP contribution in [0.3, 0.4) is 0 Å². The topological polar surface area (TPSA) is 47.9 Å². The molecule has 0 aromatic rings. The van der Waals surface area contributed by atoms with Crippen LogP contribution in [0.2, 0.25) is 6.04 Å². The third kappa shape index (κ3) is 9.88. The van der Waals surface area contributed by atoms with E-state index in [-0.39, 0.29) is 6.79 Å². The first kappa shape index (κ1) is 20.1. The van der Waals surface area contributed by atoms with Crippen LogP contribution in [-0.2, 0) is 13.3 Å². The molecule has 20 heavy (non-hydrogen) atoms. The van der Waals surface area contributed by atoms with Crippen molar-refractivity contribution in [2.75, 3.05) is 21.0 Å². The fraction of sp³-hybridized carbons (Fsp3) is 1.00. The third-order valence-electron chi connectivity index (χ3n) is 3.74. The van der Waals surface area contributed by atoms with Crippen molar-refractivity contribution < 1.29 is 18.4 Å². The van der Waals surface area contributed by atoms with Gasteiger partial charge in [-0.1, -0.05) is 64.7 Å². The molecular weight excluding hydrogens is 272 g/mol. The Morgan fingerprint density at radius 1 is 0.750 bits per heavy atom. The van der Waals surface area contributed by atoms with Gasteiger partial charge in [0.2, 0.25) is 0 Å². The van der Waals surface area contributed by atoms with E-state index < -0.39 is 8.80 Å². The van der Waals surface area contributed by atoms with E-state index in [1.807, 2.05) is 0 Å². The highest BCUT2D eigenvalue weighted by Crippen LogP contribution is 2.19.